The van der Waals surface area contributed by atoms with Gasteiger partial charge in [0.1, 0.15) is 0 Å². The Balaban J connectivity index is 1.31. The molecule has 7 rings (SSSR count). The van der Waals surface area contributed by atoms with E-state index in [2.05, 4.69) is 0 Å². The number of hydrogen-bond donors (Lipinski definition) is 0. The van der Waals surface area contributed by atoms with Crippen molar-refractivity contribution in [2.45, 2.75) is 20.8 Å². The van der Waals surface area contributed by atoms with Crippen molar-refractivity contribution in [2.75, 3.05) is 53.3 Å². The van der Waals surface area contributed by atoms with Crippen LogP contribution in [0.4, 0.5) is 51.2 Å². The van der Waals surface area contributed by atoms with Crippen LogP contribution in [0, 0.1) is 0 Å². The summed E-state index contributed by atoms with van der Waals surface area (Å²) in [6.07, 6.45) is 6.73. The predicted molar refractivity (Wildman–Crippen MR) is 309 cm³/mol. The molecule has 15 nitrogen and oxygen atoms in total. The monoisotopic (exact) mass is 1110 g/mol. The van der Waals surface area contributed by atoms with Crippen molar-refractivity contribution in [3.05, 3.63) is 213 Å². The minimum absolute atomic E-state index is 0.00359. The number of carbonyl (C=O) groups excluding carboxylic acids is 3. The van der Waals surface area contributed by atoms with E-state index in [1.54, 1.807) is 57.2 Å². The van der Waals surface area contributed by atoms with Gasteiger partial charge in [-0.1, -0.05) is 72.8 Å². The first-order valence-corrected chi connectivity index (χ1v) is 30.1. The molecule has 7 aromatic carbocycles. The lowest BCUT2D eigenvalue weighted by Crippen LogP contribution is -2.15. The zero-order chi connectivity index (χ0) is 56.2. The van der Waals surface area contributed by atoms with Crippen molar-refractivity contribution in [1.29, 1.82) is 0 Å². The van der Waals surface area contributed by atoms with E-state index < -0.39 is 62.1 Å². The van der Waals surface area contributed by atoms with Crippen molar-refractivity contribution in [3.63, 3.8) is 0 Å². The van der Waals surface area contributed by atoms with Crippen LogP contribution >= 0.6 is 0 Å². The van der Waals surface area contributed by atoms with Crippen LogP contribution in [-0.4, -0.2) is 81.7 Å². The van der Waals surface area contributed by atoms with Crippen LogP contribution in [0.1, 0.15) is 37.5 Å². The third-order valence-corrected chi connectivity index (χ3v) is 15.0. The Bertz CT molecular complexity index is 3510. The number of carbonyl (C=O) groups is 3. The Kier molecular flexibility index (Phi) is 18.3. The summed E-state index contributed by atoms with van der Waals surface area (Å²) in [5.74, 6) is -2.82. The van der Waals surface area contributed by atoms with Crippen LogP contribution in [0.25, 0.3) is 18.2 Å². The number of hydrogen-bond acceptors (Lipinski definition) is 15. The van der Waals surface area contributed by atoms with Crippen molar-refractivity contribution in [1.82, 2.24) is 0 Å². The third-order valence-electron chi connectivity index (χ3n) is 11.7. The Hall–Kier alpha value is -8.58. The molecule has 0 aliphatic carbocycles. The lowest BCUT2D eigenvalue weighted by atomic mass is 10.1. The molecule has 0 aromatic heterocycles. The summed E-state index contributed by atoms with van der Waals surface area (Å²) in [4.78, 5) is 42.6. The second kappa shape index (κ2) is 25.1. The van der Waals surface area contributed by atoms with Gasteiger partial charge in [-0.15, -0.1) is 0 Å². The molecule has 0 radical (unpaired) electrons. The van der Waals surface area contributed by atoms with E-state index in [0.29, 0.717) is 22.4 Å². The van der Waals surface area contributed by atoms with E-state index in [1.807, 2.05) is 160 Å². The standard InChI is InChI=1S/C60H57N3O12S3/c1-7-73-58(64)55(76(4,67)68)40-43-20-26-48(27-21-43)61(46-16-12-10-13-17-46)51-32-36-53(37-33-51)63(50-30-24-45(25-31-50)42-57(78(6,71)72)60(66)75-9-3)54-38-34-52(35-39-54)62(47-18-14-11-15-19-47)49-28-22-44(23-29-49)41-56(77(5,69)70)59(65)74-8-2/h10-42H,7-9H2,1-6H3. The van der Waals surface area contributed by atoms with Gasteiger partial charge in [0.25, 0.3) is 0 Å². The van der Waals surface area contributed by atoms with Crippen LogP contribution in [0.2, 0.25) is 0 Å². The molecule has 0 aliphatic heterocycles. The summed E-state index contributed by atoms with van der Waals surface area (Å²) < 4.78 is 90.8. The fourth-order valence-electron chi connectivity index (χ4n) is 8.17. The largest absolute Gasteiger partial charge is 0.462 e. The molecule has 0 amide bonds. The van der Waals surface area contributed by atoms with Crippen LogP contribution in [-0.2, 0) is 58.1 Å². The number of anilines is 9. The van der Waals surface area contributed by atoms with Gasteiger partial charge < -0.3 is 28.9 Å². The van der Waals surface area contributed by atoms with E-state index in [1.165, 1.54) is 18.2 Å². The molecule has 0 heterocycles. The smallest absolute Gasteiger partial charge is 0.349 e. The average Bonchev–Trinajstić information content (AvgIpc) is 3.41. The highest BCUT2D eigenvalue weighted by atomic mass is 32.2. The van der Waals surface area contributed by atoms with Gasteiger partial charge in [0.15, 0.2) is 44.2 Å². The summed E-state index contributed by atoms with van der Waals surface area (Å²) >= 11 is 0. The first kappa shape index (κ1) is 57.1. The van der Waals surface area contributed by atoms with Gasteiger partial charge in [0.2, 0.25) is 0 Å². The molecule has 0 unspecified atom stereocenters. The van der Waals surface area contributed by atoms with E-state index in [0.717, 1.165) is 64.3 Å². The molecule has 7 aromatic rings. The van der Waals surface area contributed by atoms with E-state index >= 15 is 0 Å². The summed E-state index contributed by atoms with van der Waals surface area (Å²) in [7, 11) is -11.8. The van der Waals surface area contributed by atoms with Crippen LogP contribution in [0.5, 0.6) is 0 Å². The number of benzene rings is 7. The van der Waals surface area contributed by atoms with Crippen molar-refractivity contribution < 1.29 is 53.8 Å². The number of esters is 3. The Morgan fingerprint density at radius 2 is 0.500 bits per heavy atom. The Labute approximate surface area is 455 Å². The van der Waals surface area contributed by atoms with Gasteiger partial charge in [0, 0.05) is 70.0 Å². The van der Waals surface area contributed by atoms with E-state index in [4.69, 9.17) is 14.2 Å². The molecule has 0 aliphatic rings. The number of rotatable bonds is 21. The first-order valence-electron chi connectivity index (χ1n) is 24.5. The molecule has 0 fully saturated rings. The minimum atomic E-state index is -3.95. The van der Waals surface area contributed by atoms with E-state index in [9.17, 15) is 39.6 Å². The molecule has 0 spiro atoms. The molecule has 0 saturated heterocycles. The first-order chi connectivity index (χ1) is 37.2. The van der Waals surface area contributed by atoms with E-state index in [-0.39, 0.29) is 19.8 Å². The number of nitrogens with zero attached hydrogens (tertiary/aromatic N) is 3. The fourth-order valence-corrected chi connectivity index (χ4v) is 10.3. The highest BCUT2D eigenvalue weighted by Gasteiger charge is 2.25. The zero-order valence-corrected chi connectivity index (χ0v) is 46.1. The lowest BCUT2D eigenvalue weighted by Gasteiger charge is -2.29. The fraction of sp³-hybridized carbons (Fsp3) is 0.150. The molecule has 78 heavy (non-hydrogen) atoms. The lowest BCUT2D eigenvalue weighted by molar-refractivity contribution is -0.138. The molecule has 18 heteroatoms. The maximum absolute atomic E-state index is 12.7. The Morgan fingerprint density at radius 1 is 0.321 bits per heavy atom. The topological polar surface area (TPSA) is 191 Å². The van der Waals surface area contributed by atoms with Crippen LogP contribution < -0.4 is 14.7 Å². The van der Waals surface area contributed by atoms with Gasteiger partial charge in [-0.2, -0.15) is 0 Å². The minimum Gasteiger partial charge on any atom is -0.462 e. The SMILES string of the molecule is CCOC(=O)C(=Cc1ccc(N(c2ccccc2)c2ccc(N(c3ccc(C=C(C(=O)OCC)S(C)(=O)=O)cc3)c3ccc(N(c4ccccc4)c4ccc(C=C(C(=O)OCC)S(C)(=O)=O)cc4)cc3)cc2)cc1)S(C)(=O)=O. The second-order valence-corrected chi connectivity index (χ2v) is 23.4. The molecule has 0 N–H and O–H groups in total. The predicted octanol–water partition coefficient (Wildman–Crippen LogP) is 11.9. The highest BCUT2D eigenvalue weighted by molar-refractivity contribution is 7.96. The average molecular weight is 1110 g/mol. The normalized spacial score (nSPS) is 12.3. The third kappa shape index (κ3) is 14.3. The zero-order valence-electron chi connectivity index (χ0n) is 43.6. The van der Waals surface area contributed by atoms with Crippen LogP contribution in [0.15, 0.2) is 197 Å². The maximum Gasteiger partial charge on any atom is 0.349 e. The second-order valence-electron chi connectivity index (χ2n) is 17.5. The number of para-hydroxylation sites is 2. The summed E-state index contributed by atoms with van der Waals surface area (Å²) in [5, 5.41) is 0. The van der Waals surface area contributed by atoms with Gasteiger partial charge in [-0.25, -0.2) is 39.6 Å². The molecular formula is C60H57N3O12S3. The number of sulfone groups is 3. The van der Waals surface area contributed by atoms with Gasteiger partial charge in [0.05, 0.1) is 19.8 Å². The maximum atomic E-state index is 12.7. The Morgan fingerprint density at radius 3 is 0.679 bits per heavy atom. The van der Waals surface area contributed by atoms with Crippen molar-refractivity contribution >= 4 is 117 Å². The van der Waals surface area contributed by atoms with Crippen molar-refractivity contribution in [2.24, 2.45) is 0 Å². The van der Waals surface area contributed by atoms with Crippen molar-refractivity contribution in [3.8, 4) is 0 Å². The molecular weight excluding hydrogens is 1050 g/mol. The molecule has 0 atom stereocenters. The summed E-state index contributed by atoms with van der Waals surface area (Å²) in [6, 6.07) is 56.1. The van der Waals surface area contributed by atoms with Crippen LogP contribution in [0.3, 0.4) is 0 Å². The summed E-state index contributed by atoms with van der Waals surface area (Å²) in [6.45, 7) is 4.82. The summed E-state index contributed by atoms with van der Waals surface area (Å²) in [5.41, 5.74) is 8.22. The van der Waals surface area contributed by atoms with Gasteiger partial charge >= 0.3 is 17.9 Å². The quantitative estimate of drug-likeness (QED) is 0.0375. The number of ether oxygens (including phenoxy) is 3. The molecule has 402 valence electrons. The molecule has 0 saturated carbocycles. The van der Waals surface area contributed by atoms with Gasteiger partial charge in [-0.05, 0) is 165 Å². The highest BCUT2D eigenvalue weighted by Crippen LogP contribution is 2.42. The molecule has 0 bridgehead atoms. The van der Waals surface area contributed by atoms with Gasteiger partial charge in [-0.3, -0.25) is 0 Å².